The molecule has 0 spiro atoms. The summed E-state index contributed by atoms with van der Waals surface area (Å²) >= 11 is 0. The number of pyridine rings is 1. The van der Waals surface area contributed by atoms with E-state index in [0.29, 0.717) is 10.8 Å². The molecule has 0 N–H and O–H groups in total. The van der Waals surface area contributed by atoms with Crippen molar-refractivity contribution in [3.05, 3.63) is 23.0 Å². The molecule has 0 aliphatic carbocycles. The number of nitrogens with zero attached hydrogens (tertiary/aromatic N) is 1. The lowest BCUT2D eigenvalue weighted by atomic mass is 9.98. The molecule has 0 bridgehead atoms. The van der Waals surface area contributed by atoms with Crippen LogP contribution in [0.3, 0.4) is 0 Å². The molecular formula is C12H19NO2S. The van der Waals surface area contributed by atoms with Gasteiger partial charge in [-0.1, -0.05) is 13.8 Å². The fourth-order valence-corrected chi connectivity index (χ4v) is 2.76. The summed E-state index contributed by atoms with van der Waals surface area (Å²) in [4.78, 5) is 4.54. The molecule has 90 valence electrons. The Morgan fingerprint density at radius 1 is 1.31 bits per heavy atom. The van der Waals surface area contributed by atoms with E-state index in [9.17, 15) is 8.42 Å². The van der Waals surface area contributed by atoms with Crippen LogP contribution in [0.2, 0.25) is 0 Å². The van der Waals surface area contributed by atoms with Gasteiger partial charge in [0.2, 0.25) is 0 Å². The zero-order valence-corrected chi connectivity index (χ0v) is 11.4. The molecule has 0 atom stereocenters. The van der Waals surface area contributed by atoms with Crippen LogP contribution in [-0.4, -0.2) is 19.7 Å². The van der Waals surface area contributed by atoms with Crippen LogP contribution in [0.1, 0.15) is 30.7 Å². The molecule has 1 aromatic heterocycles. The Bertz CT molecular complexity index is 490. The summed E-state index contributed by atoms with van der Waals surface area (Å²) in [6, 6.07) is 0. The molecule has 1 aromatic rings. The highest BCUT2D eigenvalue weighted by Crippen LogP contribution is 2.22. The van der Waals surface area contributed by atoms with Crippen molar-refractivity contribution < 1.29 is 8.42 Å². The molecule has 0 unspecified atom stereocenters. The van der Waals surface area contributed by atoms with Gasteiger partial charge >= 0.3 is 0 Å². The predicted octanol–water partition coefficient (Wildman–Crippen LogP) is 2.30. The second-order valence-electron chi connectivity index (χ2n) is 4.68. The summed E-state index contributed by atoms with van der Waals surface area (Å²) in [6.07, 6.45) is 3.56. The minimum Gasteiger partial charge on any atom is -0.260 e. The molecule has 3 nitrogen and oxygen atoms in total. The minimum atomic E-state index is -3.17. The van der Waals surface area contributed by atoms with Crippen LogP contribution >= 0.6 is 0 Å². The summed E-state index contributed by atoms with van der Waals surface area (Å²) in [6.45, 7) is 8.03. The van der Waals surface area contributed by atoms with Gasteiger partial charge in [-0.3, -0.25) is 4.98 Å². The Hall–Kier alpha value is -0.900. The first-order valence-electron chi connectivity index (χ1n) is 5.38. The van der Waals surface area contributed by atoms with E-state index in [1.807, 2.05) is 13.8 Å². The summed E-state index contributed by atoms with van der Waals surface area (Å²) in [7, 11) is -3.17. The van der Waals surface area contributed by atoms with Crippen molar-refractivity contribution in [2.75, 3.05) is 6.26 Å². The summed E-state index contributed by atoms with van der Waals surface area (Å²) < 4.78 is 23.1. The van der Waals surface area contributed by atoms with Gasteiger partial charge in [-0.25, -0.2) is 8.42 Å². The molecule has 1 heterocycles. The quantitative estimate of drug-likeness (QED) is 0.815. The molecular weight excluding hydrogens is 222 g/mol. The number of rotatable bonds is 3. The first kappa shape index (κ1) is 13.2. The number of hydrogen-bond donors (Lipinski definition) is 0. The van der Waals surface area contributed by atoms with Gasteiger partial charge in [-0.05, 0) is 37.3 Å². The molecule has 4 heteroatoms. The molecule has 0 aliphatic rings. The van der Waals surface area contributed by atoms with Gasteiger partial charge in [-0.15, -0.1) is 0 Å². The Balaban J connectivity index is 3.39. The van der Waals surface area contributed by atoms with E-state index in [2.05, 4.69) is 18.8 Å². The van der Waals surface area contributed by atoms with Crippen LogP contribution in [0.4, 0.5) is 0 Å². The van der Waals surface area contributed by atoms with Gasteiger partial charge in [-0.2, -0.15) is 0 Å². The number of hydrogen-bond acceptors (Lipinski definition) is 3. The molecule has 0 aromatic carbocycles. The second-order valence-corrected chi connectivity index (χ2v) is 6.67. The lowest BCUT2D eigenvalue weighted by Crippen LogP contribution is -2.08. The van der Waals surface area contributed by atoms with E-state index < -0.39 is 9.84 Å². The fourth-order valence-electron chi connectivity index (χ4n) is 1.83. The average Bonchev–Trinajstić information content (AvgIpc) is 2.09. The second kappa shape index (κ2) is 4.53. The highest BCUT2D eigenvalue weighted by molar-refractivity contribution is 7.90. The Morgan fingerprint density at radius 2 is 1.88 bits per heavy atom. The van der Waals surface area contributed by atoms with Crippen molar-refractivity contribution in [2.45, 2.75) is 39.0 Å². The van der Waals surface area contributed by atoms with Crippen LogP contribution < -0.4 is 0 Å². The van der Waals surface area contributed by atoms with Crippen molar-refractivity contribution in [1.29, 1.82) is 0 Å². The lowest BCUT2D eigenvalue weighted by Gasteiger charge is -2.14. The summed E-state index contributed by atoms with van der Waals surface area (Å²) in [5.74, 6) is 0.494. The molecule has 1 rings (SSSR count). The van der Waals surface area contributed by atoms with Crippen molar-refractivity contribution in [1.82, 2.24) is 4.98 Å². The van der Waals surface area contributed by atoms with Crippen molar-refractivity contribution in [2.24, 2.45) is 5.92 Å². The summed E-state index contributed by atoms with van der Waals surface area (Å²) in [5, 5.41) is 0. The molecule has 0 saturated heterocycles. The largest absolute Gasteiger partial charge is 0.260 e. The number of aromatic nitrogens is 1. The standard InChI is InChI=1S/C12H19NO2S/c1-8(2)6-11-9(3)12(16(5,14)15)7-13-10(11)4/h7-8H,6H2,1-5H3. The zero-order chi connectivity index (χ0) is 12.5. The number of aryl methyl sites for hydroxylation is 1. The summed E-state index contributed by atoms with van der Waals surface area (Å²) in [5.41, 5.74) is 2.85. The third-order valence-corrected chi connectivity index (χ3v) is 3.86. The normalized spacial score (nSPS) is 12.1. The maximum absolute atomic E-state index is 11.6. The third kappa shape index (κ3) is 2.82. The van der Waals surface area contributed by atoms with Crippen LogP contribution in [0, 0.1) is 19.8 Å². The maximum atomic E-state index is 11.6. The first-order valence-corrected chi connectivity index (χ1v) is 7.27. The van der Waals surface area contributed by atoms with E-state index >= 15 is 0 Å². The molecule has 0 fully saturated rings. The number of sulfone groups is 1. The van der Waals surface area contributed by atoms with Gasteiger partial charge in [0.05, 0.1) is 4.90 Å². The first-order chi connectivity index (χ1) is 7.23. The van der Waals surface area contributed by atoms with Crippen molar-refractivity contribution in [3.8, 4) is 0 Å². The average molecular weight is 241 g/mol. The van der Waals surface area contributed by atoms with Gasteiger partial charge in [0, 0.05) is 18.1 Å². The molecule has 0 radical (unpaired) electrons. The topological polar surface area (TPSA) is 47.0 Å². The van der Waals surface area contributed by atoms with Crippen LogP contribution in [0.15, 0.2) is 11.1 Å². The van der Waals surface area contributed by atoms with Crippen LogP contribution in [0.25, 0.3) is 0 Å². The highest BCUT2D eigenvalue weighted by Gasteiger charge is 2.16. The SMILES string of the molecule is Cc1ncc(S(C)(=O)=O)c(C)c1CC(C)C. The monoisotopic (exact) mass is 241 g/mol. The Labute approximate surface area is 97.8 Å². The van der Waals surface area contributed by atoms with E-state index in [1.54, 1.807) is 0 Å². The van der Waals surface area contributed by atoms with Crippen LogP contribution in [0.5, 0.6) is 0 Å². The van der Waals surface area contributed by atoms with Gasteiger partial charge < -0.3 is 0 Å². The molecule has 0 amide bonds. The van der Waals surface area contributed by atoms with E-state index in [-0.39, 0.29) is 0 Å². The highest BCUT2D eigenvalue weighted by atomic mass is 32.2. The van der Waals surface area contributed by atoms with Gasteiger partial charge in [0.1, 0.15) is 0 Å². The van der Waals surface area contributed by atoms with Crippen LogP contribution in [-0.2, 0) is 16.3 Å². The Morgan fingerprint density at radius 3 is 2.31 bits per heavy atom. The van der Waals surface area contributed by atoms with Crippen molar-refractivity contribution in [3.63, 3.8) is 0 Å². The Kier molecular flexibility index (Phi) is 3.73. The maximum Gasteiger partial charge on any atom is 0.177 e. The zero-order valence-electron chi connectivity index (χ0n) is 10.5. The van der Waals surface area contributed by atoms with E-state index in [1.165, 1.54) is 12.5 Å². The third-order valence-electron chi connectivity index (χ3n) is 2.65. The molecule has 0 saturated carbocycles. The van der Waals surface area contributed by atoms with Gasteiger partial charge in [0.15, 0.2) is 9.84 Å². The molecule has 16 heavy (non-hydrogen) atoms. The molecule has 0 aliphatic heterocycles. The minimum absolute atomic E-state index is 0.355. The van der Waals surface area contributed by atoms with Gasteiger partial charge in [0.25, 0.3) is 0 Å². The van der Waals surface area contributed by atoms with E-state index in [4.69, 9.17) is 0 Å². The predicted molar refractivity (Wildman–Crippen MR) is 65.4 cm³/mol. The fraction of sp³-hybridized carbons (Fsp3) is 0.583. The lowest BCUT2D eigenvalue weighted by molar-refractivity contribution is 0.598. The van der Waals surface area contributed by atoms with Crippen molar-refractivity contribution >= 4 is 9.84 Å². The van der Waals surface area contributed by atoms with E-state index in [0.717, 1.165) is 23.2 Å². The smallest absolute Gasteiger partial charge is 0.177 e.